The van der Waals surface area contributed by atoms with Crippen LogP contribution in [-0.4, -0.2) is 53.2 Å². The number of benzene rings is 1. The van der Waals surface area contributed by atoms with E-state index in [1.54, 1.807) is 0 Å². The van der Waals surface area contributed by atoms with Crippen molar-refractivity contribution in [3.63, 3.8) is 0 Å². The summed E-state index contributed by atoms with van der Waals surface area (Å²) in [5, 5.41) is 11.0. The number of halogens is 1. The summed E-state index contributed by atoms with van der Waals surface area (Å²) in [5.74, 6) is 2.69. The monoisotopic (exact) mass is 540 g/mol. The highest BCUT2D eigenvalue weighted by Crippen LogP contribution is 2.14. The lowest BCUT2D eigenvalue weighted by Crippen LogP contribution is -2.48. The Hall–Kier alpha value is -1.68. The first-order chi connectivity index (χ1) is 14.6. The van der Waals surface area contributed by atoms with Gasteiger partial charge in [-0.05, 0) is 31.7 Å². The largest absolute Gasteiger partial charge is 0.357 e. The van der Waals surface area contributed by atoms with Gasteiger partial charge in [-0.15, -0.1) is 24.0 Å². The van der Waals surface area contributed by atoms with Crippen LogP contribution in [0, 0.1) is 0 Å². The minimum atomic E-state index is 0. The molecule has 0 unspecified atom stereocenters. The molecule has 0 saturated carbocycles. The Balaban J connectivity index is 0.00000341. The van der Waals surface area contributed by atoms with E-state index in [-0.39, 0.29) is 24.0 Å². The van der Waals surface area contributed by atoms with Crippen molar-refractivity contribution in [3.8, 4) is 0 Å². The molecule has 2 N–H and O–H groups in total. The fourth-order valence-corrected chi connectivity index (χ4v) is 3.62. The summed E-state index contributed by atoms with van der Waals surface area (Å²) in [4.78, 5) is 11.7. The standard InChI is InChI=1S/C23H36N6O.HI/c1-4-24-23(25-14-8-11-21-27-22(18(2)3)28-30-21)26-20-12-15-29(16-13-20)17-19-9-6-5-7-10-19;/h5-7,9-10,18,20H,4,8,11-17H2,1-3H3,(H2,24,25,26);1H. The molecule has 1 aliphatic heterocycles. The average Bonchev–Trinajstić information content (AvgIpc) is 3.23. The van der Waals surface area contributed by atoms with Crippen molar-refractivity contribution in [1.29, 1.82) is 0 Å². The maximum atomic E-state index is 5.31. The van der Waals surface area contributed by atoms with E-state index in [0.29, 0.717) is 17.9 Å². The SMILES string of the molecule is CCNC(=NCCCc1nc(C(C)C)no1)NC1CCN(Cc2ccccc2)CC1.I. The number of hydrogen-bond donors (Lipinski definition) is 2. The van der Waals surface area contributed by atoms with Crippen molar-refractivity contribution in [2.24, 2.45) is 4.99 Å². The van der Waals surface area contributed by atoms with Crippen molar-refractivity contribution in [1.82, 2.24) is 25.7 Å². The van der Waals surface area contributed by atoms with E-state index in [2.05, 4.69) is 76.8 Å². The van der Waals surface area contributed by atoms with E-state index in [1.807, 2.05) is 0 Å². The summed E-state index contributed by atoms with van der Waals surface area (Å²) in [6.45, 7) is 11.1. The molecule has 2 heterocycles. The summed E-state index contributed by atoms with van der Waals surface area (Å²) in [6.07, 6.45) is 3.93. The van der Waals surface area contributed by atoms with E-state index in [4.69, 9.17) is 9.52 Å². The van der Waals surface area contributed by atoms with Crippen LogP contribution in [0.5, 0.6) is 0 Å². The van der Waals surface area contributed by atoms with Gasteiger partial charge in [-0.3, -0.25) is 9.89 Å². The number of piperidine rings is 1. The number of hydrogen-bond acceptors (Lipinski definition) is 5. The van der Waals surface area contributed by atoms with E-state index in [1.165, 1.54) is 5.56 Å². The second-order valence-corrected chi connectivity index (χ2v) is 8.25. The third kappa shape index (κ3) is 8.76. The Labute approximate surface area is 203 Å². The molecule has 1 fully saturated rings. The molecule has 2 aromatic rings. The number of guanidine groups is 1. The van der Waals surface area contributed by atoms with Gasteiger partial charge in [0, 0.05) is 51.1 Å². The summed E-state index contributed by atoms with van der Waals surface area (Å²) in [6, 6.07) is 11.2. The molecule has 1 saturated heterocycles. The van der Waals surface area contributed by atoms with Gasteiger partial charge in [0.1, 0.15) is 0 Å². The average molecular weight is 540 g/mol. The highest BCUT2D eigenvalue weighted by molar-refractivity contribution is 14.0. The molecule has 0 spiro atoms. The Morgan fingerprint density at radius 1 is 1.23 bits per heavy atom. The van der Waals surface area contributed by atoms with Crippen molar-refractivity contribution in [2.45, 2.75) is 65.0 Å². The summed E-state index contributed by atoms with van der Waals surface area (Å²) in [5.41, 5.74) is 1.39. The van der Waals surface area contributed by atoms with Gasteiger partial charge in [-0.25, -0.2) is 0 Å². The normalized spacial score (nSPS) is 15.7. The number of aromatic nitrogens is 2. The van der Waals surface area contributed by atoms with Gasteiger partial charge in [-0.2, -0.15) is 4.98 Å². The summed E-state index contributed by atoms with van der Waals surface area (Å²) >= 11 is 0. The van der Waals surface area contributed by atoms with Crippen LogP contribution in [0.1, 0.15) is 63.2 Å². The molecule has 0 atom stereocenters. The van der Waals surface area contributed by atoms with Crippen LogP contribution in [0.2, 0.25) is 0 Å². The summed E-state index contributed by atoms with van der Waals surface area (Å²) < 4.78 is 5.31. The smallest absolute Gasteiger partial charge is 0.226 e. The second-order valence-electron chi connectivity index (χ2n) is 8.25. The predicted octanol–water partition coefficient (Wildman–Crippen LogP) is 3.96. The Bertz CT molecular complexity index is 771. The van der Waals surface area contributed by atoms with Gasteiger partial charge in [0.15, 0.2) is 11.8 Å². The lowest BCUT2D eigenvalue weighted by Gasteiger charge is -2.33. The van der Waals surface area contributed by atoms with E-state index >= 15 is 0 Å². The van der Waals surface area contributed by atoms with Crippen LogP contribution in [-0.2, 0) is 13.0 Å². The highest BCUT2D eigenvalue weighted by atomic mass is 127. The number of nitrogens with zero attached hydrogens (tertiary/aromatic N) is 4. The van der Waals surface area contributed by atoms with Gasteiger partial charge < -0.3 is 15.2 Å². The zero-order chi connectivity index (χ0) is 21.2. The van der Waals surface area contributed by atoms with E-state index in [0.717, 1.165) is 70.2 Å². The molecule has 172 valence electrons. The first-order valence-corrected chi connectivity index (χ1v) is 11.3. The number of nitrogens with one attached hydrogen (secondary N) is 2. The molecule has 1 aliphatic rings. The first kappa shape index (κ1) is 25.6. The third-order valence-corrected chi connectivity index (χ3v) is 5.34. The highest BCUT2D eigenvalue weighted by Gasteiger charge is 2.20. The van der Waals surface area contributed by atoms with Gasteiger partial charge in [-0.1, -0.05) is 49.3 Å². The maximum Gasteiger partial charge on any atom is 0.226 e. The van der Waals surface area contributed by atoms with Crippen LogP contribution >= 0.6 is 24.0 Å². The Morgan fingerprint density at radius 3 is 2.61 bits per heavy atom. The van der Waals surface area contributed by atoms with Crippen molar-refractivity contribution < 1.29 is 4.52 Å². The van der Waals surface area contributed by atoms with Crippen LogP contribution in [0.4, 0.5) is 0 Å². The summed E-state index contributed by atoms with van der Waals surface area (Å²) in [7, 11) is 0. The zero-order valence-corrected chi connectivity index (χ0v) is 21.3. The van der Waals surface area contributed by atoms with Gasteiger partial charge in [0.25, 0.3) is 0 Å². The lowest BCUT2D eigenvalue weighted by atomic mass is 10.0. The topological polar surface area (TPSA) is 78.6 Å². The molecule has 31 heavy (non-hydrogen) atoms. The molecule has 8 heteroatoms. The van der Waals surface area contributed by atoms with Crippen molar-refractivity contribution in [3.05, 3.63) is 47.6 Å². The minimum Gasteiger partial charge on any atom is -0.357 e. The first-order valence-electron chi connectivity index (χ1n) is 11.3. The Morgan fingerprint density at radius 2 is 1.97 bits per heavy atom. The van der Waals surface area contributed by atoms with Crippen LogP contribution < -0.4 is 10.6 Å². The van der Waals surface area contributed by atoms with Gasteiger partial charge in [0.2, 0.25) is 5.89 Å². The molecular weight excluding hydrogens is 503 g/mol. The molecule has 3 rings (SSSR count). The van der Waals surface area contributed by atoms with E-state index in [9.17, 15) is 0 Å². The molecular formula is C23H37IN6O. The van der Waals surface area contributed by atoms with Crippen molar-refractivity contribution >= 4 is 29.9 Å². The maximum absolute atomic E-state index is 5.31. The molecule has 0 bridgehead atoms. The number of aliphatic imine (C=N–C) groups is 1. The molecule has 0 radical (unpaired) electrons. The molecule has 1 aromatic carbocycles. The number of rotatable bonds is 9. The number of likely N-dealkylation sites (tertiary alicyclic amines) is 1. The molecule has 7 nitrogen and oxygen atoms in total. The van der Waals surface area contributed by atoms with Crippen LogP contribution in [0.25, 0.3) is 0 Å². The molecule has 0 amide bonds. The van der Waals surface area contributed by atoms with Crippen LogP contribution in [0.3, 0.4) is 0 Å². The third-order valence-electron chi connectivity index (χ3n) is 5.34. The number of aryl methyl sites for hydroxylation is 1. The molecule has 1 aromatic heterocycles. The lowest BCUT2D eigenvalue weighted by molar-refractivity contribution is 0.198. The fraction of sp³-hybridized carbons (Fsp3) is 0.609. The second kappa shape index (κ2) is 13.7. The van der Waals surface area contributed by atoms with E-state index < -0.39 is 0 Å². The van der Waals surface area contributed by atoms with Gasteiger partial charge in [0.05, 0.1) is 0 Å². The minimum absolute atomic E-state index is 0. The zero-order valence-electron chi connectivity index (χ0n) is 19.0. The fourth-order valence-electron chi connectivity index (χ4n) is 3.62. The van der Waals surface area contributed by atoms with Crippen LogP contribution in [0.15, 0.2) is 39.8 Å². The van der Waals surface area contributed by atoms with Crippen molar-refractivity contribution in [2.75, 3.05) is 26.2 Å². The predicted molar refractivity (Wildman–Crippen MR) is 136 cm³/mol. The Kier molecular flexibility index (Phi) is 11.3. The quantitative estimate of drug-likeness (QED) is 0.217. The molecule has 0 aliphatic carbocycles. The van der Waals surface area contributed by atoms with Gasteiger partial charge >= 0.3 is 0 Å².